The van der Waals surface area contributed by atoms with Crippen molar-refractivity contribution in [2.24, 2.45) is 40.4 Å². The van der Waals surface area contributed by atoms with Gasteiger partial charge in [0.25, 0.3) is 0 Å². The van der Waals surface area contributed by atoms with Crippen LogP contribution in [0.25, 0.3) is 0 Å². The van der Waals surface area contributed by atoms with Gasteiger partial charge in [0, 0.05) is 11.3 Å². The maximum absolute atomic E-state index is 12.2. The predicted molar refractivity (Wildman–Crippen MR) is 96.4 cm³/mol. The Hall–Kier alpha value is -0.630. The van der Waals surface area contributed by atoms with Crippen LogP contribution >= 0.6 is 0 Å². The number of carbonyl (C=O) groups excluding carboxylic acids is 1. The molecule has 3 saturated carbocycles. The van der Waals surface area contributed by atoms with Gasteiger partial charge < -0.3 is 5.11 Å². The van der Waals surface area contributed by atoms with Gasteiger partial charge in [0.1, 0.15) is 5.78 Å². The molecule has 0 bridgehead atoms. The number of aliphatic hydroxyl groups is 1. The summed E-state index contributed by atoms with van der Waals surface area (Å²) in [5.74, 6) is 3.26. The van der Waals surface area contributed by atoms with E-state index in [1.165, 1.54) is 25.7 Å². The summed E-state index contributed by atoms with van der Waals surface area (Å²) in [4.78, 5) is 12.2. The second-order valence-electron chi connectivity index (χ2n) is 9.83. The molecule has 134 valence electrons. The molecular weight excluding hydrogens is 296 g/mol. The van der Waals surface area contributed by atoms with Crippen LogP contribution in [0.2, 0.25) is 0 Å². The predicted octanol–water partition coefficient (Wildman–Crippen LogP) is 4.76. The third-order valence-electron chi connectivity index (χ3n) is 8.97. The number of carbonyl (C=O) groups is 1. The summed E-state index contributed by atoms with van der Waals surface area (Å²) in [6.07, 6.45) is 10.2. The molecule has 0 heterocycles. The number of fused-ring (bicyclic) bond motifs is 5. The summed E-state index contributed by atoms with van der Waals surface area (Å²) >= 11 is 0. The van der Waals surface area contributed by atoms with E-state index < -0.39 is 0 Å². The van der Waals surface area contributed by atoms with Crippen molar-refractivity contribution in [2.45, 2.75) is 78.7 Å². The summed E-state index contributed by atoms with van der Waals surface area (Å²) < 4.78 is 0. The minimum Gasteiger partial charge on any atom is -0.392 e. The zero-order chi connectivity index (χ0) is 17.3. The van der Waals surface area contributed by atoms with Crippen molar-refractivity contribution in [3.8, 4) is 0 Å². The number of hydrogen-bond donors (Lipinski definition) is 1. The highest BCUT2D eigenvalue weighted by Crippen LogP contribution is 2.67. The fraction of sp³-hybridized carbons (Fsp3) is 0.864. The average molecular weight is 331 g/mol. The Balaban J connectivity index is 1.72. The van der Waals surface area contributed by atoms with Gasteiger partial charge in [-0.1, -0.05) is 32.4 Å². The molecule has 0 amide bonds. The monoisotopic (exact) mass is 330 g/mol. The van der Waals surface area contributed by atoms with Crippen LogP contribution in [0.4, 0.5) is 0 Å². The third kappa shape index (κ3) is 2.01. The summed E-state index contributed by atoms with van der Waals surface area (Å²) in [5.41, 5.74) is 1.74. The van der Waals surface area contributed by atoms with Gasteiger partial charge in [-0.05, 0) is 81.0 Å². The highest BCUT2D eigenvalue weighted by Gasteiger charge is 2.61. The molecule has 24 heavy (non-hydrogen) atoms. The molecule has 3 fully saturated rings. The zero-order valence-electron chi connectivity index (χ0n) is 15.8. The highest BCUT2D eigenvalue weighted by molar-refractivity contribution is 5.79. The lowest BCUT2D eigenvalue weighted by atomic mass is 9.44. The standard InChI is InChI=1S/C22H34O2/c1-13-12-15-18-9-8-17(14(2)23)21(18,3)11-10-19(15)22(4)16(13)6-5-7-20(22)24/h6,13,15,17-20,24H,5,7-12H2,1-4H3/t13-,15-,17+,18-,19-,20?,21+,22-/m0/s1. The molecule has 4 rings (SSSR count). The summed E-state index contributed by atoms with van der Waals surface area (Å²) in [5, 5.41) is 11.0. The van der Waals surface area contributed by atoms with Crippen LogP contribution < -0.4 is 0 Å². The molecule has 0 aromatic rings. The molecule has 0 spiro atoms. The molecule has 4 aliphatic carbocycles. The molecule has 0 radical (unpaired) electrons. The maximum atomic E-state index is 12.2. The van der Waals surface area contributed by atoms with E-state index in [4.69, 9.17) is 0 Å². The Labute approximate surface area is 147 Å². The highest BCUT2D eigenvalue weighted by atomic mass is 16.3. The topological polar surface area (TPSA) is 37.3 Å². The number of ketones is 1. The van der Waals surface area contributed by atoms with Crippen molar-refractivity contribution in [1.82, 2.24) is 0 Å². The molecule has 0 saturated heterocycles. The molecular formula is C22H34O2. The third-order valence-corrected chi connectivity index (χ3v) is 8.97. The van der Waals surface area contributed by atoms with E-state index in [0.29, 0.717) is 29.5 Å². The first kappa shape index (κ1) is 16.8. The van der Waals surface area contributed by atoms with Crippen LogP contribution in [-0.2, 0) is 4.79 Å². The van der Waals surface area contributed by atoms with Gasteiger partial charge in [-0.3, -0.25) is 4.79 Å². The maximum Gasteiger partial charge on any atom is 0.133 e. The minimum absolute atomic E-state index is 0.0176. The normalized spacial score (nSPS) is 53.6. The first-order valence-corrected chi connectivity index (χ1v) is 10.2. The Morgan fingerprint density at radius 3 is 2.62 bits per heavy atom. The van der Waals surface area contributed by atoms with Gasteiger partial charge >= 0.3 is 0 Å². The van der Waals surface area contributed by atoms with E-state index in [0.717, 1.165) is 19.3 Å². The van der Waals surface area contributed by atoms with Crippen molar-refractivity contribution in [1.29, 1.82) is 0 Å². The molecule has 2 nitrogen and oxygen atoms in total. The fourth-order valence-corrected chi connectivity index (χ4v) is 7.87. The lowest BCUT2D eigenvalue weighted by Gasteiger charge is -2.60. The van der Waals surface area contributed by atoms with Crippen molar-refractivity contribution in [2.75, 3.05) is 0 Å². The van der Waals surface area contributed by atoms with Gasteiger partial charge in [0.05, 0.1) is 6.10 Å². The zero-order valence-corrected chi connectivity index (χ0v) is 15.8. The Kier molecular flexibility index (Phi) is 3.81. The van der Waals surface area contributed by atoms with E-state index in [1.807, 2.05) is 0 Å². The van der Waals surface area contributed by atoms with Crippen LogP contribution in [0.5, 0.6) is 0 Å². The van der Waals surface area contributed by atoms with Gasteiger partial charge in [-0.15, -0.1) is 0 Å². The number of allylic oxidation sites excluding steroid dienone is 1. The van der Waals surface area contributed by atoms with Crippen molar-refractivity contribution in [3.63, 3.8) is 0 Å². The number of rotatable bonds is 1. The molecule has 2 heteroatoms. The Morgan fingerprint density at radius 2 is 1.92 bits per heavy atom. The van der Waals surface area contributed by atoms with Crippen molar-refractivity contribution in [3.05, 3.63) is 11.6 Å². The molecule has 8 atom stereocenters. The average Bonchev–Trinajstić information content (AvgIpc) is 2.87. The largest absolute Gasteiger partial charge is 0.392 e. The number of aliphatic hydroxyl groups excluding tert-OH is 1. The molecule has 1 N–H and O–H groups in total. The van der Waals surface area contributed by atoms with Crippen LogP contribution in [0, 0.1) is 40.4 Å². The van der Waals surface area contributed by atoms with Crippen molar-refractivity contribution < 1.29 is 9.90 Å². The molecule has 1 unspecified atom stereocenters. The number of hydrogen-bond acceptors (Lipinski definition) is 2. The SMILES string of the molecule is CC(=O)[C@H]1CC[C@H]2[C@@H]3C[C@H](C)C4=CCCC(O)[C@]4(C)[C@H]3CC[C@]12C. The van der Waals surface area contributed by atoms with Crippen LogP contribution in [-0.4, -0.2) is 17.0 Å². The first-order chi connectivity index (χ1) is 11.3. The first-order valence-electron chi connectivity index (χ1n) is 10.2. The van der Waals surface area contributed by atoms with Gasteiger partial charge in [0.2, 0.25) is 0 Å². The second-order valence-corrected chi connectivity index (χ2v) is 9.83. The van der Waals surface area contributed by atoms with E-state index in [9.17, 15) is 9.90 Å². The quantitative estimate of drug-likeness (QED) is 0.704. The molecule has 0 aromatic heterocycles. The molecule has 0 aliphatic heterocycles. The Bertz CT molecular complexity index is 579. The summed E-state index contributed by atoms with van der Waals surface area (Å²) in [6, 6.07) is 0. The van der Waals surface area contributed by atoms with Crippen LogP contribution in [0.1, 0.15) is 72.6 Å². The van der Waals surface area contributed by atoms with E-state index >= 15 is 0 Å². The van der Waals surface area contributed by atoms with Gasteiger partial charge in [-0.2, -0.15) is 0 Å². The van der Waals surface area contributed by atoms with Crippen LogP contribution in [0.15, 0.2) is 11.6 Å². The minimum atomic E-state index is -0.179. The molecule has 4 aliphatic rings. The summed E-state index contributed by atoms with van der Waals surface area (Å²) in [6.45, 7) is 8.95. The van der Waals surface area contributed by atoms with E-state index in [1.54, 1.807) is 12.5 Å². The lowest BCUT2D eigenvalue weighted by Crippen LogP contribution is -2.56. The smallest absolute Gasteiger partial charge is 0.133 e. The fourth-order valence-electron chi connectivity index (χ4n) is 7.87. The van der Waals surface area contributed by atoms with E-state index in [2.05, 4.69) is 26.8 Å². The number of Topliss-reactive ketones (excluding diaryl/α,β-unsaturated/α-hetero) is 1. The van der Waals surface area contributed by atoms with Gasteiger partial charge in [-0.25, -0.2) is 0 Å². The lowest BCUT2D eigenvalue weighted by molar-refractivity contribution is -0.131. The van der Waals surface area contributed by atoms with Crippen molar-refractivity contribution >= 4 is 5.78 Å². The second kappa shape index (κ2) is 5.43. The Morgan fingerprint density at radius 1 is 1.17 bits per heavy atom. The van der Waals surface area contributed by atoms with E-state index in [-0.39, 0.29) is 22.9 Å². The summed E-state index contributed by atoms with van der Waals surface area (Å²) in [7, 11) is 0. The molecule has 0 aromatic carbocycles. The van der Waals surface area contributed by atoms with Gasteiger partial charge in [0.15, 0.2) is 0 Å². The van der Waals surface area contributed by atoms with Crippen LogP contribution in [0.3, 0.4) is 0 Å².